The molecule has 5 heteroatoms. The summed E-state index contributed by atoms with van der Waals surface area (Å²) < 4.78 is 6.23. The third kappa shape index (κ3) is 3.81. The lowest BCUT2D eigenvalue weighted by atomic mass is 10.1. The molecule has 0 bridgehead atoms. The highest BCUT2D eigenvalue weighted by atomic mass is 32.2. The molecular weight excluding hydrogens is 314 g/mol. The Kier molecular flexibility index (Phi) is 5.71. The largest absolute Gasteiger partial charge is 0.377 e. The Morgan fingerprint density at radius 3 is 2.68 bits per heavy atom. The molecule has 1 amide bonds. The van der Waals surface area contributed by atoms with E-state index in [0.29, 0.717) is 4.58 Å². The molecule has 2 heterocycles. The quantitative estimate of drug-likeness (QED) is 0.836. The smallest absolute Gasteiger partial charge is 0.253 e. The van der Waals surface area contributed by atoms with Gasteiger partial charge in [-0.15, -0.1) is 23.5 Å². The molecule has 0 aliphatic carbocycles. The van der Waals surface area contributed by atoms with Crippen LogP contribution in [0.4, 0.5) is 0 Å². The van der Waals surface area contributed by atoms with Crippen LogP contribution in [0.1, 0.15) is 40.3 Å². The van der Waals surface area contributed by atoms with Crippen LogP contribution in [0.25, 0.3) is 0 Å². The van der Waals surface area contributed by atoms with Crippen LogP contribution in [0.2, 0.25) is 0 Å². The predicted molar refractivity (Wildman–Crippen MR) is 94.7 cm³/mol. The van der Waals surface area contributed by atoms with Crippen molar-refractivity contribution in [3.8, 4) is 0 Å². The van der Waals surface area contributed by atoms with Crippen molar-refractivity contribution in [2.75, 3.05) is 31.2 Å². The number of amides is 1. The van der Waals surface area contributed by atoms with E-state index in [9.17, 15) is 4.79 Å². The lowest BCUT2D eigenvalue weighted by molar-refractivity contribution is 0.00724. The van der Waals surface area contributed by atoms with Crippen LogP contribution < -0.4 is 0 Å². The summed E-state index contributed by atoms with van der Waals surface area (Å²) in [6, 6.07) is 8.21. The first-order valence-electron chi connectivity index (χ1n) is 8.02. The predicted octanol–water partition coefficient (Wildman–Crippen LogP) is 3.81. The Hall–Kier alpha value is -0.650. The Balaban J connectivity index is 1.64. The number of piperidine rings is 1. The van der Waals surface area contributed by atoms with E-state index in [1.165, 1.54) is 17.1 Å². The third-order valence-electron chi connectivity index (χ3n) is 4.12. The molecule has 0 N–H and O–H groups in total. The van der Waals surface area contributed by atoms with Crippen molar-refractivity contribution in [2.24, 2.45) is 0 Å². The third-order valence-corrected chi connectivity index (χ3v) is 7.22. The number of carbonyl (C=O) groups excluding carboxylic acids is 1. The maximum atomic E-state index is 12.6. The van der Waals surface area contributed by atoms with Crippen LogP contribution in [0.15, 0.2) is 24.3 Å². The topological polar surface area (TPSA) is 29.5 Å². The van der Waals surface area contributed by atoms with Crippen molar-refractivity contribution in [3.05, 3.63) is 35.4 Å². The van der Waals surface area contributed by atoms with E-state index in [2.05, 4.69) is 12.1 Å². The molecule has 2 aliphatic rings. The number of ether oxygens (including phenoxy) is 1. The maximum Gasteiger partial charge on any atom is 0.253 e. The highest BCUT2D eigenvalue weighted by molar-refractivity contribution is 8.19. The fourth-order valence-corrected chi connectivity index (χ4v) is 5.87. The molecule has 2 fully saturated rings. The summed E-state index contributed by atoms with van der Waals surface area (Å²) in [5, 5.41) is 0. The minimum Gasteiger partial charge on any atom is -0.377 e. The molecule has 3 nitrogen and oxygen atoms in total. The van der Waals surface area contributed by atoms with E-state index in [-0.39, 0.29) is 12.0 Å². The van der Waals surface area contributed by atoms with Gasteiger partial charge in [-0.2, -0.15) is 0 Å². The summed E-state index contributed by atoms with van der Waals surface area (Å²) in [4.78, 5) is 14.6. The molecule has 0 aromatic heterocycles. The van der Waals surface area contributed by atoms with Gasteiger partial charge in [-0.05, 0) is 37.5 Å². The Morgan fingerprint density at radius 1 is 1.27 bits per heavy atom. The minimum absolute atomic E-state index is 0.141. The number of nitrogens with zero attached hydrogens (tertiary/aromatic N) is 1. The molecule has 3 rings (SSSR count). The fraction of sp³-hybridized carbons (Fsp3) is 0.588. The summed E-state index contributed by atoms with van der Waals surface area (Å²) in [5.74, 6) is 2.59. The van der Waals surface area contributed by atoms with Gasteiger partial charge < -0.3 is 9.64 Å². The van der Waals surface area contributed by atoms with E-state index in [0.717, 1.165) is 38.1 Å². The zero-order chi connectivity index (χ0) is 15.4. The molecule has 0 spiro atoms. The highest BCUT2D eigenvalue weighted by Gasteiger charge is 2.25. The molecular formula is C17H23NO2S2. The van der Waals surface area contributed by atoms with Crippen molar-refractivity contribution < 1.29 is 9.53 Å². The molecule has 1 aromatic carbocycles. The molecule has 0 saturated carbocycles. The van der Waals surface area contributed by atoms with E-state index in [4.69, 9.17) is 4.74 Å². The summed E-state index contributed by atoms with van der Waals surface area (Å²) in [6.07, 6.45) is 2.30. The van der Waals surface area contributed by atoms with E-state index in [1.807, 2.05) is 47.5 Å². The summed E-state index contributed by atoms with van der Waals surface area (Å²) in [6.45, 7) is 4.30. The molecule has 1 aromatic rings. The minimum atomic E-state index is 0.141. The van der Waals surface area contributed by atoms with Gasteiger partial charge in [-0.25, -0.2) is 0 Å². The molecule has 22 heavy (non-hydrogen) atoms. The average Bonchev–Trinajstić information content (AvgIpc) is 3.09. The van der Waals surface area contributed by atoms with E-state index < -0.39 is 0 Å². The van der Waals surface area contributed by atoms with Gasteiger partial charge in [-0.1, -0.05) is 12.1 Å². The van der Waals surface area contributed by atoms with Crippen LogP contribution in [-0.2, 0) is 4.74 Å². The van der Waals surface area contributed by atoms with Crippen LogP contribution in [0.3, 0.4) is 0 Å². The first-order chi connectivity index (χ1) is 10.8. The van der Waals surface area contributed by atoms with Gasteiger partial charge in [0.05, 0.1) is 10.7 Å². The molecule has 2 aliphatic heterocycles. The lowest BCUT2D eigenvalue weighted by Crippen LogP contribution is -2.43. The number of likely N-dealkylation sites (tertiary alicyclic amines) is 1. The number of hydrogen-bond donors (Lipinski definition) is 0. The van der Waals surface area contributed by atoms with Gasteiger partial charge in [0.2, 0.25) is 0 Å². The number of benzene rings is 1. The zero-order valence-corrected chi connectivity index (χ0v) is 14.6. The average molecular weight is 338 g/mol. The Bertz CT molecular complexity index is 498. The standard InChI is InChI=1S/C17H23NO2S2/c1-2-20-15-4-3-9-18(12-15)16(19)13-5-7-14(8-6-13)17-21-10-11-22-17/h5-8,15,17H,2-4,9-12H2,1H3. The second-order valence-corrected chi connectivity index (χ2v) is 8.39. The Labute approximate surface area is 141 Å². The fourth-order valence-electron chi connectivity index (χ4n) is 3.01. The van der Waals surface area contributed by atoms with Crippen molar-refractivity contribution in [1.82, 2.24) is 4.90 Å². The van der Waals surface area contributed by atoms with Crippen LogP contribution >= 0.6 is 23.5 Å². The van der Waals surface area contributed by atoms with Gasteiger partial charge in [0, 0.05) is 36.8 Å². The number of rotatable bonds is 4. The molecule has 120 valence electrons. The number of hydrogen-bond acceptors (Lipinski definition) is 4. The number of carbonyl (C=O) groups is 1. The molecule has 0 radical (unpaired) electrons. The lowest BCUT2D eigenvalue weighted by Gasteiger charge is -2.32. The Morgan fingerprint density at radius 2 is 2.00 bits per heavy atom. The van der Waals surface area contributed by atoms with Crippen molar-refractivity contribution in [3.63, 3.8) is 0 Å². The summed E-state index contributed by atoms with van der Waals surface area (Å²) in [7, 11) is 0. The molecule has 1 atom stereocenters. The van der Waals surface area contributed by atoms with Gasteiger partial charge in [-0.3, -0.25) is 4.79 Å². The van der Waals surface area contributed by atoms with Crippen molar-refractivity contribution in [1.29, 1.82) is 0 Å². The number of thioether (sulfide) groups is 2. The van der Waals surface area contributed by atoms with Crippen LogP contribution in [-0.4, -0.2) is 48.1 Å². The SMILES string of the molecule is CCOC1CCCN(C(=O)c2ccc(C3SCCS3)cc2)C1. The van der Waals surface area contributed by atoms with Gasteiger partial charge in [0.15, 0.2) is 0 Å². The zero-order valence-electron chi connectivity index (χ0n) is 13.0. The maximum absolute atomic E-state index is 12.6. The van der Waals surface area contributed by atoms with E-state index >= 15 is 0 Å². The van der Waals surface area contributed by atoms with Crippen molar-refractivity contribution >= 4 is 29.4 Å². The highest BCUT2D eigenvalue weighted by Crippen LogP contribution is 2.45. The van der Waals surface area contributed by atoms with Crippen LogP contribution in [0.5, 0.6) is 0 Å². The van der Waals surface area contributed by atoms with E-state index in [1.54, 1.807) is 0 Å². The monoisotopic (exact) mass is 337 g/mol. The van der Waals surface area contributed by atoms with Gasteiger partial charge in [0.25, 0.3) is 5.91 Å². The van der Waals surface area contributed by atoms with Crippen molar-refractivity contribution in [2.45, 2.75) is 30.5 Å². The van der Waals surface area contributed by atoms with Crippen LogP contribution in [0, 0.1) is 0 Å². The second-order valence-electron chi connectivity index (χ2n) is 5.67. The molecule has 1 unspecified atom stereocenters. The normalized spacial score (nSPS) is 23.0. The van der Waals surface area contributed by atoms with Gasteiger partial charge in [0.1, 0.15) is 0 Å². The van der Waals surface area contributed by atoms with Gasteiger partial charge >= 0.3 is 0 Å². The summed E-state index contributed by atoms with van der Waals surface area (Å²) in [5.41, 5.74) is 2.13. The first kappa shape index (κ1) is 16.2. The molecule has 2 saturated heterocycles. The first-order valence-corrected chi connectivity index (χ1v) is 10.1. The summed E-state index contributed by atoms with van der Waals surface area (Å²) >= 11 is 3.99. The second kappa shape index (κ2) is 7.75.